The summed E-state index contributed by atoms with van der Waals surface area (Å²) in [6, 6.07) is 4.67. The first-order chi connectivity index (χ1) is 5.81. The van der Waals surface area contributed by atoms with Crippen LogP contribution in [0, 0.1) is 0 Å². The summed E-state index contributed by atoms with van der Waals surface area (Å²) in [5.41, 5.74) is 2.82. The minimum atomic E-state index is 0.266. The topological polar surface area (TPSA) is 41.1 Å². The molecule has 0 saturated heterocycles. The van der Waals surface area contributed by atoms with Crippen LogP contribution in [0.25, 0.3) is 0 Å². The second kappa shape index (κ2) is 3.71. The predicted molar refractivity (Wildman–Crippen MR) is 46.1 cm³/mol. The Labute approximate surface area is 69.5 Å². The lowest BCUT2D eigenvalue weighted by Gasteiger charge is -2.05. The van der Waals surface area contributed by atoms with Gasteiger partial charge in [0.2, 0.25) is 0 Å². The molecular weight excluding hydrogens is 159 g/mol. The van der Waals surface area contributed by atoms with E-state index in [0.717, 1.165) is 0 Å². The Bertz CT molecular complexity index is 288. The second-order valence-electron chi connectivity index (χ2n) is 2.27. The molecule has 1 rings (SSSR count). The zero-order chi connectivity index (χ0) is 8.97. The Balaban J connectivity index is 3.10. The molecular formula is C8H9FN2O. The summed E-state index contributed by atoms with van der Waals surface area (Å²) in [5, 5.41) is 2.78. The molecule has 0 amide bonds. The molecule has 0 fully saturated rings. The van der Waals surface area contributed by atoms with Gasteiger partial charge < -0.3 is 5.32 Å². The van der Waals surface area contributed by atoms with Crippen LogP contribution in [-0.2, 0) is 0 Å². The third-order valence-electron chi connectivity index (χ3n) is 1.55. The minimum absolute atomic E-state index is 0.266. The van der Waals surface area contributed by atoms with E-state index in [0.29, 0.717) is 17.5 Å². The van der Waals surface area contributed by atoms with Crippen molar-refractivity contribution in [2.24, 2.45) is 0 Å². The van der Waals surface area contributed by atoms with Crippen molar-refractivity contribution in [2.75, 3.05) is 17.9 Å². The van der Waals surface area contributed by atoms with Crippen molar-refractivity contribution in [3.8, 4) is 0 Å². The fourth-order valence-electron chi connectivity index (χ4n) is 0.931. The number of hydrogen-bond donors (Lipinski definition) is 2. The van der Waals surface area contributed by atoms with Crippen molar-refractivity contribution in [1.82, 2.24) is 0 Å². The van der Waals surface area contributed by atoms with E-state index in [1.807, 2.05) is 0 Å². The van der Waals surface area contributed by atoms with Crippen LogP contribution in [0.3, 0.4) is 0 Å². The molecule has 1 aromatic carbocycles. The normalized spacial score (nSPS) is 9.17. The van der Waals surface area contributed by atoms with Crippen molar-refractivity contribution in [3.63, 3.8) is 0 Å². The van der Waals surface area contributed by atoms with Crippen LogP contribution < -0.4 is 10.9 Å². The Kier molecular flexibility index (Phi) is 2.63. The van der Waals surface area contributed by atoms with E-state index >= 15 is 0 Å². The molecule has 4 heteroatoms. The molecule has 0 spiro atoms. The van der Waals surface area contributed by atoms with Gasteiger partial charge in [-0.05, 0) is 18.2 Å². The molecule has 0 bridgehead atoms. The van der Waals surface area contributed by atoms with E-state index in [2.05, 4.69) is 5.32 Å². The summed E-state index contributed by atoms with van der Waals surface area (Å²) < 4.78 is 12.1. The Morgan fingerprint density at radius 2 is 2.17 bits per heavy atom. The Morgan fingerprint density at radius 1 is 1.42 bits per heavy atom. The average molecular weight is 168 g/mol. The van der Waals surface area contributed by atoms with Gasteiger partial charge in [0.1, 0.15) is 6.29 Å². The first-order valence-corrected chi connectivity index (χ1v) is 3.45. The Morgan fingerprint density at radius 3 is 2.67 bits per heavy atom. The van der Waals surface area contributed by atoms with E-state index in [4.69, 9.17) is 0 Å². The first kappa shape index (κ1) is 8.52. The SMILES string of the molecule is CNc1ccc(C=O)cc1NF. The molecule has 0 aliphatic heterocycles. The highest BCUT2D eigenvalue weighted by Crippen LogP contribution is 2.21. The highest BCUT2D eigenvalue weighted by molar-refractivity contribution is 5.81. The van der Waals surface area contributed by atoms with Gasteiger partial charge in [-0.3, -0.25) is 4.79 Å². The summed E-state index contributed by atoms with van der Waals surface area (Å²) in [7, 11) is 1.68. The molecule has 0 saturated carbocycles. The zero-order valence-corrected chi connectivity index (χ0v) is 6.60. The quantitative estimate of drug-likeness (QED) is 0.534. The summed E-state index contributed by atoms with van der Waals surface area (Å²) in [6.07, 6.45) is 0.667. The van der Waals surface area contributed by atoms with E-state index < -0.39 is 0 Å². The van der Waals surface area contributed by atoms with Crippen molar-refractivity contribution in [1.29, 1.82) is 0 Å². The van der Waals surface area contributed by atoms with Gasteiger partial charge in [-0.2, -0.15) is 0 Å². The maximum atomic E-state index is 12.1. The number of anilines is 2. The largest absolute Gasteiger partial charge is 0.386 e. The molecule has 1 aromatic rings. The molecule has 12 heavy (non-hydrogen) atoms. The highest BCUT2D eigenvalue weighted by Gasteiger charge is 2.00. The van der Waals surface area contributed by atoms with Crippen LogP contribution >= 0.6 is 0 Å². The van der Waals surface area contributed by atoms with Gasteiger partial charge in [-0.15, -0.1) is 4.48 Å². The van der Waals surface area contributed by atoms with E-state index in [-0.39, 0.29) is 5.69 Å². The first-order valence-electron chi connectivity index (χ1n) is 3.45. The molecule has 0 aliphatic rings. The molecule has 0 unspecified atom stereocenters. The van der Waals surface area contributed by atoms with Gasteiger partial charge in [-0.1, -0.05) is 0 Å². The maximum Gasteiger partial charge on any atom is 0.150 e. The molecule has 0 heterocycles. The van der Waals surface area contributed by atoms with Gasteiger partial charge in [0.25, 0.3) is 0 Å². The zero-order valence-electron chi connectivity index (χ0n) is 6.60. The third kappa shape index (κ3) is 1.53. The number of halogens is 1. The van der Waals surface area contributed by atoms with Gasteiger partial charge in [0.15, 0.2) is 0 Å². The van der Waals surface area contributed by atoms with Crippen molar-refractivity contribution < 1.29 is 9.28 Å². The molecule has 0 aliphatic carbocycles. The number of benzene rings is 1. The molecule has 64 valence electrons. The van der Waals surface area contributed by atoms with Gasteiger partial charge in [-0.25, -0.2) is 5.54 Å². The van der Waals surface area contributed by atoms with Gasteiger partial charge in [0.05, 0.1) is 11.4 Å². The minimum Gasteiger partial charge on any atom is -0.386 e. The lowest BCUT2D eigenvalue weighted by atomic mass is 10.2. The monoisotopic (exact) mass is 168 g/mol. The number of hydrogen-bond acceptors (Lipinski definition) is 3. The molecule has 2 N–H and O–H groups in total. The Hall–Kier alpha value is -1.58. The van der Waals surface area contributed by atoms with Crippen LogP contribution in [0.5, 0.6) is 0 Å². The van der Waals surface area contributed by atoms with Crippen LogP contribution in [-0.4, -0.2) is 13.3 Å². The van der Waals surface area contributed by atoms with E-state index in [1.54, 1.807) is 19.2 Å². The van der Waals surface area contributed by atoms with Crippen molar-refractivity contribution in [2.45, 2.75) is 0 Å². The lowest BCUT2D eigenvalue weighted by molar-refractivity contribution is 0.112. The summed E-state index contributed by atoms with van der Waals surface area (Å²) in [6.45, 7) is 0. The number of rotatable bonds is 3. The maximum absolute atomic E-state index is 12.1. The number of carbonyl (C=O) groups is 1. The standard InChI is InChI=1S/C8H9FN2O/c1-10-7-3-2-6(5-12)4-8(7)11-9/h2-5,10-11H,1H3. The summed E-state index contributed by atoms with van der Waals surface area (Å²) in [5.74, 6) is 0. The number of nitrogens with one attached hydrogen (secondary N) is 2. The van der Waals surface area contributed by atoms with Gasteiger partial charge >= 0.3 is 0 Å². The van der Waals surface area contributed by atoms with Crippen LogP contribution in [0.1, 0.15) is 10.4 Å². The smallest absolute Gasteiger partial charge is 0.150 e. The third-order valence-corrected chi connectivity index (χ3v) is 1.55. The number of carbonyl (C=O) groups excluding carboxylic acids is 1. The molecule has 0 aromatic heterocycles. The highest BCUT2D eigenvalue weighted by atomic mass is 19.2. The van der Waals surface area contributed by atoms with Crippen molar-refractivity contribution in [3.05, 3.63) is 23.8 Å². The van der Waals surface area contributed by atoms with Crippen molar-refractivity contribution >= 4 is 17.7 Å². The molecule has 0 atom stereocenters. The fourth-order valence-corrected chi connectivity index (χ4v) is 0.931. The van der Waals surface area contributed by atoms with Gasteiger partial charge in [0, 0.05) is 12.6 Å². The summed E-state index contributed by atoms with van der Waals surface area (Å²) in [4.78, 5) is 10.3. The molecule has 3 nitrogen and oxygen atoms in total. The van der Waals surface area contributed by atoms with Crippen LogP contribution in [0.2, 0.25) is 0 Å². The summed E-state index contributed by atoms with van der Waals surface area (Å²) >= 11 is 0. The molecule has 0 radical (unpaired) electrons. The van der Waals surface area contributed by atoms with Crippen LogP contribution in [0.15, 0.2) is 18.2 Å². The lowest BCUT2D eigenvalue weighted by Crippen LogP contribution is -1.94. The van der Waals surface area contributed by atoms with E-state index in [1.165, 1.54) is 11.6 Å². The second-order valence-corrected chi connectivity index (χ2v) is 2.27. The fraction of sp³-hybridized carbons (Fsp3) is 0.125. The number of aldehydes is 1. The average Bonchev–Trinajstić information content (AvgIpc) is 2.16. The van der Waals surface area contributed by atoms with Crippen LogP contribution in [0.4, 0.5) is 15.9 Å². The predicted octanol–water partition coefficient (Wildman–Crippen LogP) is 1.84. The van der Waals surface area contributed by atoms with E-state index in [9.17, 15) is 9.28 Å².